The number of hydrogen-bond donors (Lipinski definition) is 6. The summed E-state index contributed by atoms with van der Waals surface area (Å²) in [5.74, 6) is -2.04. The largest absolute Gasteiger partial charge is 0.490 e. The lowest BCUT2D eigenvalue weighted by molar-refractivity contribution is -0.384. The summed E-state index contributed by atoms with van der Waals surface area (Å²) in [5.41, 5.74) is -3.50. The lowest BCUT2D eigenvalue weighted by Gasteiger charge is -2.60. The van der Waals surface area contributed by atoms with E-state index in [2.05, 4.69) is 0 Å². The molecule has 4 rings (SSSR count). The Labute approximate surface area is 219 Å². The molecule has 1 saturated carbocycles. The van der Waals surface area contributed by atoms with E-state index in [4.69, 9.17) is 23.4 Å². The van der Waals surface area contributed by atoms with Crippen LogP contribution in [-0.2, 0) is 20.7 Å². The molecule has 0 unspecified atom stereocenters. The molecule has 38 heavy (non-hydrogen) atoms. The number of carbonyl (C=O) groups excluding carboxylic acids is 1. The van der Waals surface area contributed by atoms with Crippen LogP contribution in [0.1, 0.15) is 31.7 Å². The molecule has 12 heteroatoms. The van der Waals surface area contributed by atoms with Crippen molar-refractivity contribution < 1.29 is 58.8 Å². The summed E-state index contributed by atoms with van der Waals surface area (Å²) >= 11 is 0. The van der Waals surface area contributed by atoms with Crippen LogP contribution in [0.15, 0.2) is 22.8 Å². The van der Waals surface area contributed by atoms with Crippen molar-refractivity contribution in [1.82, 2.24) is 0 Å². The van der Waals surface area contributed by atoms with Crippen LogP contribution in [0.3, 0.4) is 0 Å². The van der Waals surface area contributed by atoms with E-state index in [0.717, 1.165) is 0 Å². The number of furan rings is 1. The molecule has 1 aliphatic carbocycles. The maximum atomic E-state index is 12.1. The predicted octanol–water partition coefficient (Wildman–Crippen LogP) is -0.133. The molecule has 0 amide bonds. The summed E-state index contributed by atoms with van der Waals surface area (Å²) in [6.07, 6.45) is -3.18. The SMILES string of the molecule is CCOC(=O)CCc1cc2ccoc2c(OC)c1O[C@@H]1O[C@H](CO)[C@]2(O)CC[C@@H](C(CO)CO)[C@@]1(O)[C@H]2O. The summed E-state index contributed by atoms with van der Waals surface area (Å²) in [6.45, 7) is 0.234. The molecule has 2 bridgehead atoms. The minimum atomic E-state index is -2.31. The number of fused-ring (bicyclic) bond motifs is 3. The van der Waals surface area contributed by atoms with Crippen molar-refractivity contribution in [1.29, 1.82) is 0 Å². The molecular weight excluding hydrogens is 504 g/mol. The zero-order valence-corrected chi connectivity index (χ0v) is 21.4. The number of hydrogen-bond acceptors (Lipinski definition) is 12. The summed E-state index contributed by atoms with van der Waals surface area (Å²) < 4.78 is 28.3. The van der Waals surface area contributed by atoms with Gasteiger partial charge in [0.25, 0.3) is 0 Å². The Morgan fingerprint density at radius 2 is 1.95 bits per heavy atom. The molecule has 1 aromatic carbocycles. The van der Waals surface area contributed by atoms with E-state index in [9.17, 15) is 35.4 Å². The lowest BCUT2D eigenvalue weighted by atomic mass is 9.59. The maximum absolute atomic E-state index is 12.1. The number of aliphatic hydroxyl groups is 6. The van der Waals surface area contributed by atoms with Crippen LogP contribution >= 0.6 is 0 Å². The standard InChI is InChI=1S/C26H36O12/c1-3-35-19(30)5-4-14-10-15-7-9-36-20(15)22(34-2)21(14)38-24-26(33)17(16(11-27)12-28)6-8-25(32,23(26)31)18(13-29)37-24/h7,9-10,16-18,23-24,27-29,31-33H,3-6,8,11-13H2,1-2H3/t17-,18+,23-,24-,25+,26+/m0/s1. The van der Waals surface area contributed by atoms with E-state index in [1.807, 2.05) is 0 Å². The lowest BCUT2D eigenvalue weighted by Crippen LogP contribution is -2.79. The molecule has 6 N–H and O–H groups in total. The predicted molar refractivity (Wildman–Crippen MR) is 130 cm³/mol. The molecule has 1 aliphatic heterocycles. The van der Waals surface area contributed by atoms with Gasteiger partial charge in [0.15, 0.2) is 16.9 Å². The molecule has 2 aromatic rings. The first kappa shape index (κ1) is 28.6. The van der Waals surface area contributed by atoms with E-state index in [0.29, 0.717) is 16.5 Å². The smallest absolute Gasteiger partial charge is 0.306 e. The third kappa shape index (κ3) is 4.64. The highest BCUT2D eigenvalue weighted by molar-refractivity contribution is 5.87. The first-order valence-electron chi connectivity index (χ1n) is 12.7. The minimum Gasteiger partial charge on any atom is -0.490 e. The van der Waals surface area contributed by atoms with Gasteiger partial charge in [0.2, 0.25) is 12.0 Å². The first-order valence-corrected chi connectivity index (χ1v) is 12.7. The molecular formula is C26H36O12. The minimum absolute atomic E-state index is 0.00781. The summed E-state index contributed by atoms with van der Waals surface area (Å²) in [6, 6.07) is 3.43. The van der Waals surface area contributed by atoms with Crippen LogP contribution in [0.25, 0.3) is 11.0 Å². The van der Waals surface area contributed by atoms with Crippen LogP contribution in [0.4, 0.5) is 0 Å². The van der Waals surface area contributed by atoms with Gasteiger partial charge in [0.1, 0.15) is 17.8 Å². The monoisotopic (exact) mass is 540 g/mol. The second kappa shape index (κ2) is 11.3. The van der Waals surface area contributed by atoms with Crippen LogP contribution < -0.4 is 9.47 Å². The van der Waals surface area contributed by atoms with Gasteiger partial charge in [-0.3, -0.25) is 4.79 Å². The number of aryl methyl sites for hydroxylation is 1. The van der Waals surface area contributed by atoms with E-state index in [1.54, 1.807) is 19.1 Å². The van der Waals surface area contributed by atoms with Gasteiger partial charge in [-0.2, -0.15) is 0 Å². The fourth-order valence-electron chi connectivity index (χ4n) is 5.82. The van der Waals surface area contributed by atoms with E-state index in [1.165, 1.54) is 13.4 Å². The highest BCUT2D eigenvalue weighted by Crippen LogP contribution is 2.52. The summed E-state index contributed by atoms with van der Waals surface area (Å²) in [5, 5.41) is 64.9. The van der Waals surface area contributed by atoms with Crippen molar-refractivity contribution >= 4 is 16.9 Å². The van der Waals surface area contributed by atoms with E-state index >= 15 is 0 Å². The fraction of sp³-hybridized carbons (Fsp3) is 0.654. The van der Waals surface area contributed by atoms with Crippen molar-refractivity contribution in [3.8, 4) is 11.5 Å². The van der Waals surface area contributed by atoms with Gasteiger partial charge in [-0.15, -0.1) is 0 Å². The first-order chi connectivity index (χ1) is 18.2. The van der Waals surface area contributed by atoms with Crippen LogP contribution in [-0.4, -0.2) is 99.8 Å². The molecule has 212 valence electrons. The molecule has 6 atom stereocenters. The Balaban J connectivity index is 1.81. The van der Waals surface area contributed by atoms with Gasteiger partial charge >= 0.3 is 5.97 Å². The van der Waals surface area contributed by atoms with Gasteiger partial charge in [-0.25, -0.2) is 0 Å². The second-order valence-electron chi connectivity index (χ2n) is 9.85. The Morgan fingerprint density at radius 3 is 2.58 bits per heavy atom. The number of benzene rings is 1. The average molecular weight is 541 g/mol. The maximum Gasteiger partial charge on any atom is 0.306 e. The molecule has 0 radical (unpaired) electrons. The molecule has 1 aromatic heterocycles. The molecule has 2 heterocycles. The van der Waals surface area contributed by atoms with Gasteiger partial charge in [0, 0.05) is 36.9 Å². The van der Waals surface area contributed by atoms with Crippen molar-refractivity contribution in [3.63, 3.8) is 0 Å². The molecule has 12 nitrogen and oxygen atoms in total. The molecule has 2 aliphatic rings. The fourth-order valence-corrected chi connectivity index (χ4v) is 5.82. The quantitative estimate of drug-likeness (QED) is 0.207. The Kier molecular flexibility index (Phi) is 8.52. The molecule has 2 fully saturated rings. The third-order valence-corrected chi connectivity index (χ3v) is 7.85. The summed E-state index contributed by atoms with van der Waals surface area (Å²) in [7, 11) is 1.39. The molecule has 1 saturated heterocycles. The average Bonchev–Trinajstić information content (AvgIpc) is 3.37. The number of methoxy groups -OCH3 is 1. The zero-order chi connectivity index (χ0) is 27.7. The van der Waals surface area contributed by atoms with Crippen LogP contribution in [0.5, 0.6) is 11.5 Å². The van der Waals surface area contributed by atoms with Crippen molar-refractivity contribution in [2.24, 2.45) is 11.8 Å². The molecule has 0 spiro atoms. The number of rotatable bonds is 11. The van der Waals surface area contributed by atoms with Gasteiger partial charge in [0.05, 0.1) is 26.6 Å². The van der Waals surface area contributed by atoms with Crippen LogP contribution in [0.2, 0.25) is 0 Å². The van der Waals surface area contributed by atoms with Crippen molar-refractivity contribution in [2.45, 2.75) is 62.3 Å². The topological polar surface area (TPSA) is 189 Å². The van der Waals surface area contributed by atoms with Gasteiger partial charge < -0.3 is 54.0 Å². The number of ether oxygens (including phenoxy) is 4. The Morgan fingerprint density at radius 1 is 1.21 bits per heavy atom. The van der Waals surface area contributed by atoms with Gasteiger partial charge in [-0.05, 0) is 43.9 Å². The number of esters is 1. The normalized spacial score (nSPS) is 31.0. The van der Waals surface area contributed by atoms with Gasteiger partial charge in [-0.1, -0.05) is 0 Å². The Hall–Kier alpha value is -2.45. The highest BCUT2D eigenvalue weighted by Gasteiger charge is 2.69. The van der Waals surface area contributed by atoms with Crippen molar-refractivity contribution in [3.05, 3.63) is 24.0 Å². The third-order valence-electron chi connectivity index (χ3n) is 7.85. The van der Waals surface area contributed by atoms with E-state index < -0.39 is 67.3 Å². The highest BCUT2D eigenvalue weighted by atomic mass is 16.7. The van der Waals surface area contributed by atoms with Crippen LogP contribution in [0, 0.1) is 11.8 Å². The van der Waals surface area contributed by atoms with Crippen molar-refractivity contribution in [2.75, 3.05) is 33.5 Å². The Bertz CT molecular complexity index is 1110. The number of aliphatic hydroxyl groups excluding tert-OH is 4. The number of carbonyl (C=O) groups is 1. The second-order valence-corrected chi connectivity index (χ2v) is 9.85. The van der Waals surface area contributed by atoms with E-state index in [-0.39, 0.29) is 43.8 Å². The zero-order valence-electron chi connectivity index (χ0n) is 21.4. The summed E-state index contributed by atoms with van der Waals surface area (Å²) in [4.78, 5) is 12.1.